The molecule has 3 heterocycles. The van der Waals surface area contributed by atoms with E-state index in [1.807, 2.05) is 6.92 Å². The van der Waals surface area contributed by atoms with Crippen LogP contribution in [0.4, 0.5) is 11.6 Å². The molecule has 6 heteroatoms. The molecular weight excluding hydrogens is 314 g/mol. The molecule has 1 fully saturated rings. The predicted octanol–water partition coefficient (Wildman–Crippen LogP) is 2.38. The third-order valence-corrected chi connectivity index (χ3v) is 5.04. The van der Waals surface area contributed by atoms with E-state index in [0.29, 0.717) is 0 Å². The maximum absolute atomic E-state index is 9.76. The highest BCUT2D eigenvalue weighted by Gasteiger charge is 2.27. The van der Waals surface area contributed by atoms with Gasteiger partial charge in [0, 0.05) is 51.5 Å². The molecule has 1 aromatic heterocycles. The van der Waals surface area contributed by atoms with Crippen molar-refractivity contribution in [2.75, 3.05) is 56.7 Å². The molecule has 0 bridgehead atoms. The number of anilines is 2. The molecule has 1 saturated heterocycles. The first kappa shape index (κ1) is 18.0. The topological polar surface area (TPSA) is 64.4 Å². The molecule has 1 aromatic rings. The Hall–Kier alpha value is -1.84. The van der Waals surface area contributed by atoms with Crippen LogP contribution in [0.1, 0.15) is 42.9 Å². The maximum Gasteiger partial charge on any atom is 0.146 e. The van der Waals surface area contributed by atoms with Crippen molar-refractivity contribution in [3.63, 3.8) is 0 Å². The van der Waals surface area contributed by atoms with Crippen LogP contribution < -0.4 is 10.2 Å². The average Bonchev–Trinajstić information content (AvgIpc) is 3.15. The van der Waals surface area contributed by atoms with Gasteiger partial charge in [-0.05, 0) is 45.2 Å². The van der Waals surface area contributed by atoms with Gasteiger partial charge in [0.1, 0.15) is 17.7 Å². The van der Waals surface area contributed by atoms with Gasteiger partial charge in [0.05, 0.1) is 5.56 Å². The molecular formula is C19H29N5O. The molecule has 0 aliphatic carbocycles. The molecule has 6 nitrogen and oxygen atoms in total. The molecule has 136 valence electrons. The summed E-state index contributed by atoms with van der Waals surface area (Å²) in [6.45, 7) is 8.28. The molecule has 0 radical (unpaired) electrons. The Labute approximate surface area is 150 Å². The van der Waals surface area contributed by atoms with Crippen LogP contribution >= 0.6 is 0 Å². The van der Waals surface area contributed by atoms with Crippen molar-refractivity contribution in [3.8, 4) is 6.07 Å². The minimum atomic E-state index is 0.736. The highest BCUT2D eigenvalue weighted by Crippen LogP contribution is 2.34. The van der Waals surface area contributed by atoms with Crippen LogP contribution in [0.5, 0.6) is 0 Å². The Morgan fingerprint density at radius 2 is 2.04 bits per heavy atom. The van der Waals surface area contributed by atoms with Crippen LogP contribution in [-0.4, -0.2) is 56.3 Å². The van der Waals surface area contributed by atoms with Crippen molar-refractivity contribution in [1.82, 2.24) is 9.88 Å². The zero-order valence-corrected chi connectivity index (χ0v) is 15.5. The molecule has 2 aliphatic heterocycles. The summed E-state index contributed by atoms with van der Waals surface area (Å²) < 4.78 is 5.40. The van der Waals surface area contributed by atoms with Crippen LogP contribution in [-0.2, 0) is 17.7 Å². The van der Waals surface area contributed by atoms with Crippen molar-refractivity contribution in [1.29, 1.82) is 5.26 Å². The van der Waals surface area contributed by atoms with Crippen LogP contribution in [0, 0.1) is 11.3 Å². The van der Waals surface area contributed by atoms with E-state index < -0.39 is 0 Å². The first-order chi connectivity index (χ1) is 12.2. The number of hydrogen-bond acceptors (Lipinski definition) is 6. The summed E-state index contributed by atoms with van der Waals surface area (Å²) in [5.74, 6) is 1.84. The van der Waals surface area contributed by atoms with E-state index in [9.17, 15) is 5.26 Å². The monoisotopic (exact) mass is 343 g/mol. The Morgan fingerprint density at radius 1 is 1.24 bits per heavy atom. The number of aromatic nitrogens is 1. The van der Waals surface area contributed by atoms with Gasteiger partial charge in [-0.1, -0.05) is 0 Å². The van der Waals surface area contributed by atoms with Crippen molar-refractivity contribution < 1.29 is 4.74 Å². The van der Waals surface area contributed by atoms with Crippen molar-refractivity contribution in [2.45, 2.75) is 39.2 Å². The Kier molecular flexibility index (Phi) is 6.11. The highest BCUT2D eigenvalue weighted by molar-refractivity contribution is 5.67. The number of pyridine rings is 1. The quantitative estimate of drug-likeness (QED) is 0.767. The lowest BCUT2D eigenvalue weighted by Crippen LogP contribution is -2.31. The van der Waals surface area contributed by atoms with E-state index in [1.54, 1.807) is 0 Å². The summed E-state index contributed by atoms with van der Waals surface area (Å²) in [6.07, 6.45) is 4.29. The van der Waals surface area contributed by atoms with Gasteiger partial charge in [0.15, 0.2) is 0 Å². The minimum absolute atomic E-state index is 0.736. The van der Waals surface area contributed by atoms with Crippen LogP contribution in [0.15, 0.2) is 0 Å². The molecule has 1 N–H and O–H groups in total. The van der Waals surface area contributed by atoms with Gasteiger partial charge < -0.3 is 19.9 Å². The molecule has 0 saturated carbocycles. The molecule has 0 spiro atoms. The lowest BCUT2D eigenvalue weighted by Gasteiger charge is -2.31. The molecule has 25 heavy (non-hydrogen) atoms. The molecule has 2 aliphatic rings. The SMILES string of the molecule is CCOCCCNc1nc(N2CCCC2)c2c(c1C#N)CCN(C)C2. The number of nitriles is 1. The van der Waals surface area contributed by atoms with Crippen LogP contribution in [0.25, 0.3) is 0 Å². The molecule has 3 rings (SSSR count). The Balaban J connectivity index is 1.88. The second-order valence-corrected chi connectivity index (χ2v) is 6.89. The molecule has 0 amide bonds. The number of nitrogens with one attached hydrogen (secondary N) is 1. The summed E-state index contributed by atoms with van der Waals surface area (Å²) in [5.41, 5.74) is 3.19. The standard InChI is InChI=1S/C19H29N5O/c1-3-25-12-6-8-21-18-16(13-20)15-7-11-23(2)14-17(15)19(22-18)24-9-4-5-10-24/h3-12,14H2,1-2H3,(H,21,22). The maximum atomic E-state index is 9.76. The average molecular weight is 343 g/mol. The van der Waals surface area contributed by atoms with Crippen LogP contribution in [0.2, 0.25) is 0 Å². The van der Waals surface area contributed by atoms with Crippen molar-refractivity contribution >= 4 is 11.6 Å². The zero-order valence-electron chi connectivity index (χ0n) is 15.5. The van der Waals surface area contributed by atoms with Crippen molar-refractivity contribution in [3.05, 3.63) is 16.7 Å². The van der Waals surface area contributed by atoms with E-state index in [2.05, 4.69) is 28.2 Å². The van der Waals surface area contributed by atoms with E-state index in [-0.39, 0.29) is 0 Å². The van der Waals surface area contributed by atoms with E-state index in [0.717, 1.165) is 76.0 Å². The second-order valence-electron chi connectivity index (χ2n) is 6.89. The van der Waals surface area contributed by atoms with Gasteiger partial charge in [-0.15, -0.1) is 0 Å². The van der Waals surface area contributed by atoms with Gasteiger partial charge in [-0.2, -0.15) is 5.26 Å². The fourth-order valence-corrected chi connectivity index (χ4v) is 3.72. The molecule has 0 atom stereocenters. The number of hydrogen-bond donors (Lipinski definition) is 1. The first-order valence-electron chi connectivity index (χ1n) is 9.45. The largest absolute Gasteiger partial charge is 0.382 e. The highest BCUT2D eigenvalue weighted by atomic mass is 16.5. The number of likely N-dealkylation sites (N-methyl/N-ethyl adjacent to an activating group) is 1. The second kappa shape index (κ2) is 8.50. The molecule has 0 aromatic carbocycles. The van der Waals surface area contributed by atoms with Gasteiger partial charge in [0.25, 0.3) is 0 Å². The first-order valence-corrected chi connectivity index (χ1v) is 9.45. The van der Waals surface area contributed by atoms with Crippen molar-refractivity contribution in [2.24, 2.45) is 0 Å². The summed E-state index contributed by atoms with van der Waals surface area (Å²) in [6, 6.07) is 2.42. The number of rotatable bonds is 7. The van der Waals surface area contributed by atoms with Crippen LogP contribution in [0.3, 0.4) is 0 Å². The number of ether oxygens (including phenoxy) is 1. The third-order valence-electron chi connectivity index (χ3n) is 5.04. The Bertz CT molecular complexity index is 634. The lowest BCUT2D eigenvalue weighted by atomic mass is 9.95. The number of fused-ring (bicyclic) bond motifs is 1. The van der Waals surface area contributed by atoms with Gasteiger partial charge >= 0.3 is 0 Å². The predicted molar refractivity (Wildman–Crippen MR) is 100 cm³/mol. The fraction of sp³-hybridized carbons (Fsp3) is 0.684. The van der Waals surface area contributed by atoms with Gasteiger partial charge in [-0.3, -0.25) is 0 Å². The Morgan fingerprint density at radius 3 is 2.76 bits per heavy atom. The summed E-state index contributed by atoms with van der Waals surface area (Å²) in [7, 11) is 2.14. The summed E-state index contributed by atoms with van der Waals surface area (Å²) >= 11 is 0. The minimum Gasteiger partial charge on any atom is -0.382 e. The van der Waals surface area contributed by atoms with Gasteiger partial charge in [0.2, 0.25) is 0 Å². The fourth-order valence-electron chi connectivity index (χ4n) is 3.72. The van der Waals surface area contributed by atoms with E-state index in [4.69, 9.17) is 9.72 Å². The van der Waals surface area contributed by atoms with E-state index >= 15 is 0 Å². The number of nitrogens with zero attached hydrogens (tertiary/aromatic N) is 4. The normalized spacial score (nSPS) is 17.4. The zero-order chi connectivity index (χ0) is 17.6. The third kappa shape index (κ3) is 4.05. The summed E-state index contributed by atoms with van der Waals surface area (Å²) in [4.78, 5) is 9.63. The lowest BCUT2D eigenvalue weighted by molar-refractivity contribution is 0.147. The van der Waals surface area contributed by atoms with E-state index in [1.165, 1.54) is 24.0 Å². The van der Waals surface area contributed by atoms with Gasteiger partial charge in [-0.25, -0.2) is 4.98 Å². The molecule has 0 unspecified atom stereocenters. The smallest absolute Gasteiger partial charge is 0.146 e. The summed E-state index contributed by atoms with van der Waals surface area (Å²) in [5, 5.41) is 13.1.